The van der Waals surface area contributed by atoms with E-state index in [1.165, 1.54) is 12.8 Å². The largest absolute Gasteiger partial charge is 0.490 e. The second-order valence-corrected chi connectivity index (χ2v) is 5.55. The lowest BCUT2D eigenvalue weighted by molar-refractivity contribution is 0.232. The highest BCUT2D eigenvalue weighted by molar-refractivity contribution is 5.29. The summed E-state index contributed by atoms with van der Waals surface area (Å²) in [7, 11) is 0. The molecular formula is C15H21FN2O. The highest BCUT2D eigenvalue weighted by Gasteiger charge is 2.22. The van der Waals surface area contributed by atoms with Gasteiger partial charge in [0.05, 0.1) is 6.61 Å². The molecule has 3 rings (SSSR count). The van der Waals surface area contributed by atoms with E-state index in [4.69, 9.17) is 4.74 Å². The first-order valence-electron chi connectivity index (χ1n) is 7.15. The smallest absolute Gasteiger partial charge is 0.165 e. The highest BCUT2D eigenvalue weighted by atomic mass is 19.1. The van der Waals surface area contributed by atoms with Crippen LogP contribution in [0.4, 0.5) is 4.39 Å². The average molecular weight is 264 g/mol. The van der Waals surface area contributed by atoms with Gasteiger partial charge in [-0.15, -0.1) is 0 Å². The molecule has 0 amide bonds. The first-order valence-corrected chi connectivity index (χ1v) is 7.15. The molecule has 2 aliphatic rings. The lowest BCUT2D eigenvalue weighted by Crippen LogP contribution is -2.42. The molecule has 1 aliphatic heterocycles. The Kier molecular flexibility index (Phi) is 3.99. The van der Waals surface area contributed by atoms with Gasteiger partial charge in [0.15, 0.2) is 11.6 Å². The van der Waals surface area contributed by atoms with Crippen LogP contribution in [0.2, 0.25) is 0 Å². The van der Waals surface area contributed by atoms with Gasteiger partial charge in [0, 0.05) is 32.7 Å². The fraction of sp³-hybridized carbons (Fsp3) is 0.600. The van der Waals surface area contributed by atoms with Crippen molar-refractivity contribution in [2.45, 2.75) is 19.4 Å². The van der Waals surface area contributed by atoms with Crippen LogP contribution in [0.3, 0.4) is 0 Å². The van der Waals surface area contributed by atoms with Gasteiger partial charge in [-0.3, -0.25) is 4.90 Å². The number of hydrogen-bond acceptors (Lipinski definition) is 3. The van der Waals surface area contributed by atoms with Crippen LogP contribution in [-0.4, -0.2) is 37.7 Å². The van der Waals surface area contributed by atoms with Crippen molar-refractivity contribution in [2.75, 3.05) is 32.8 Å². The minimum Gasteiger partial charge on any atom is -0.490 e. The quantitative estimate of drug-likeness (QED) is 0.880. The Hall–Kier alpha value is -1.13. The van der Waals surface area contributed by atoms with Gasteiger partial charge < -0.3 is 10.1 Å². The number of rotatable bonds is 5. The maximum Gasteiger partial charge on any atom is 0.165 e. The molecule has 1 heterocycles. The van der Waals surface area contributed by atoms with Crippen LogP contribution in [0.25, 0.3) is 0 Å². The summed E-state index contributed by atoms with van der Waals surface area (Å²) in [5.74, 6) is 0.823. The molecular weight excluding hydrogens is 243 g/mol. The summed E-state index contributed by atoms with van der Waals surface area (Å²) in [5, 5.41) is 3.32. The summed E-state index contributed by atoms with van der Waals surface area (Å²) in [6, 6.07) is 5.37. The summed E-state index contributed by atoms with van der Waals surface area (Å²) in [6.07, 6.45) is 2.45. The van der Waals surface area contributed by atoms with Crippen molar-refractivity contribution in [1.29, 1.82) is 0 Å². The van der Waals surface area contributed by atoms with E-state index in [1.54, 1.807) is 12.1 Å². The minimum atomic E-state index is -0.228. The van der Waals surface area contributed by atoms with Crippen molar-refractivity contribution >= 4 is 0 Å². The van der Waals surface area contributed by atoms with Crippen molar-refractivity contribution in [1.82, 2.24) is 10.2 Å². The Balaban J connectivity index is 1.57. The zero-order chi connectivity index (χ0) is 13.1. The second-order valence-electron chi connectivity index (χ2n) is 5.55. The normalized spacial score (nSPS) is 20.5. The summed E-state index contributed by atoms with van der Waals surface area (Å²) < 4.78 is 19.4. The van der Waals surface area contributed by atoms with Crippen LogP contribution in [0.15, 0.2) is 18.2 Å². The van der Waals surface area contributed by atoms with E-state index in [0.717, 1.165) is 38.3 Å². The number of ether oxygens (including phenoxy) is 1. The summed E-state index contributed by atoms with van der Waals surface area (Å²) in [5.41, 5.74) is 1.03. The third-order valence-electron chi connectivity index (χ3n) is 3.78. The second kappa shape index (κ2) is 5.88. The molecule has 1 saturated carbocycles. The molecule has 1 aromatic carbocycles. The zero-order valence-corrected chi connectivity index (χ0v) is 11.2. The van der Waals surface area contributed by atoms with E-state index in [1.807, 2.05) is 6.07 Å². The van der Waals surface area contributed by atoms with Crippen LogP contribution in [-0.2, 0) is 6.54 Å². The molecule has 19 heavy (non-hydrogen) atoms. The van der Waals surface area contributed by atoms with Gasteiger partial charge >= 0.3 is 0 Å². The number of nitrogens with one attached hydrogen (secondary N) is 1. The third kappa shape index (κ3) is 3.67. The lowest BCUT2D eigenvalue weighted by atomic mass is 10.2. The fourth-order valence-electron chi connectivity index (χ4n) is 2.38. The zero-order valence-electron chi connectivity index (χ0n) is 11.2. The van der Waals surface area contributed by atoms with E-state index >= 15 is 0 Å². The SMILES string of the molecule is Fc1cc(CN2CCNCC2)ccc1OCC1CC1. The Morgan fingerprint density at radius 1 is 1.26 bits per heavy atom. The van der Waals surface area contributed by atoms with Gasteiger partial charge in [-0.2, -0.15) is 0 Å². The van der Waals surface area contributed by atoms with E-state index in [0.29, 0.717) is 18.3 Å². The van der Waals surface area contributed by atoms with Crippen molar-refractivity contribution in [2.24, 2.45) is 5.92 Å². The molecule has 1 aromatic rings. The minimum absolute atomic E-state index is 0.228. The Morgan fingerprint density at radius 3 is 2.74 bits per heavy atom. The standard InChI is InChI=1S/C15H21FN2O/c16-14-9-13(10-18-7-5-17-6-8-18)3-4-15(14)19-11-12-1-2-12/h3-4,9,12,17H,1-2,5-8,10-11H2. The van der Waals surface area contributed by atoms with Crippen molar-refractivity contribution < 1.29 is 9.13 Å². The summed E-state index contributed by atoms with van der Waals surface area (Å²) in [6.45, 7) is 5.58. The predicted molar refractivity (Wildman–Crippen MR) is 72.8 cm³/mol. The molecule has 2 fully saturated rings. The first-order chi connectivity index (χ1) is 9.31. The molecule has 0 atom stereocenters. The van der Waals surface area contributed by atoms with Gasteiger partial charge in [-0.1, -0.05) is 6.07 Å². The fourth-order valence-corrected chi connectivity index (χ4v) is 2.38. The van der Waals surface area contributed by atoms with Crippen LogP contribution in [0, 0.1) is 11.7 Å². The van der Waals surface area contributed by atoms with E-state index in [9.17, 15) is 4.39 Å². The Bertz CT molecular complexity index is 428. The third-order valence-corrected chi connectivity index (χ3v) is 3.78. The molecule has 0 spiro atoms. The van der Waals surface area contributed by atoms with Gasteiger partial charge in [0.1, 0.15) is 0 Å². The number of nitrogens with zero attached hydrogens (tertiary/aromatic N) is 1. The monoisotopic (exact) mass is 264 g/mol. The topological polar surface area (TPSA) is 24.5 Å². The summed E-state index contributed by atoms with van der Waals surface area (Å²) >= 11 is 0. The number of halogens is 1. The lowest BCUT2D eigenvalue weighted by Gasteiger charge is -2.27. The molecule has 104 valence electrons. The van der Waals surface area contributed by atoms with Crippen molar-refractivity contribution in [3.05, 3.63) is 29.6 Å². The van der Waals surface area contributed by atoms with Gasteiger partial charge in [-0.05, 0) is 36.5 Å². The Labute approximate surface area is 113 Å². The molecule has 0 bridgehead atoms. The number of benzene rings is 1. The molecule has 0 unspecified atom stereocenters. The van der Waals surface area contributed by atoms with E-state index in [-0.39, 0.29) is 5.82 Å². The van der Waals surface area contributed by atoms with Crippen LogP contribution in [0.1, 0.15) is 18.4 Å². The number of hydrogen-bond donors (Lipinski definition) is 1. The Morgan fingerprint density at radius 2 is 2.05 bits per heavy atom. The molecule has 1 saturated heterocycles. The molecule has 0 radical (unpaired) electrons. The van der Waals surface area contributed by atoms with Crippen LogP contribution < -0.4 is 10.1 Å². The van der Waals surface area contributed by atoms with E-state index < -0.39 is 0 Å². The van der Waals surface area contributed by atoms with E-state index in [2.05, 4.69) is 10.2 Å². The van der Waals surface area contributed by atoms with Crippen molar-refractivity contribution in [3.8, 4) is 5.75 Å². The molecule has 3 nitrogen and oxygen atoms in total. The van der Waals surface area contributed by atoms with Crippen molar-refractivity contribution in [3.63, 3.8) is 0 Å². The van der Waals surface area contributed by atoms with Gasteiger partial charge in [0.2, 0.25) is 0 Å². The highest BCUT2D eigenvalue weighted by Crippen LogP contribution is 2.30. The first kappa shape index (κ1) is 12.9. The predicted octanol–water partition coefficient (Wildman–Crippen LogP) is 2.02. The van der Waals surface area contributed by atoms with Gasteiger partial charge in [-0.25, -0.2) is 4.39 Å². The molecule has 4 heteroatoms. The average Bonchev–Trinajstić information content (AvgIpc) is 3.23. The molecule has 1 aliphatic carbocycles. The maximum atomic E-state index is 13.9. The van der Waals surface area contributed by atoms with Gasteiger partial charge in [0.25, 0.3) is 0 Å². The maximum absolute atomic E-state index is 13.9. The summed E-state index contributed by atoms with van der Waals surface area (Å²) in [4.78, 5) is 2.34. The number of piperazine rings is 1. The van der Waals surface area contributed by atoms with Crippen LogP contribution in [0.5, 0.6) is 5.75 Å². The molecule has 1 N–H and O–H groups in total. The molecule has 0 aromatic heterocycles. The van der Waals surface area contributed by atoms with Crippen LogP contribution >= 0.6 is 0 Å².